The predicted octanol–water partition coefficient (Wildman–Crippen LogP) is 4.85. The number of fused-ring (bicyclic) bond motifs is 1. The minimum Gasteiger partial charge on any atom is -0.486 e. The van der Waals surface area contributed by atoms with Crippen molar-refractivity contribution in [2.45, 2.75) is 31.8 Å². The van der Waals surface area contributed by atoms with E-state index in [0.29, 0.717) is 27.9 Å². The molecule has 1 fully saturated rings. The summed E-state index contributed by atoms with van der Waals surface area (Å²) in [6, 6.07) is 13.5. The third-order valence-electron chi connectivity index (χ3n) is 5.33. The van der Waals surface area contributed by atoms with Crippen LogP contribution in [-0.2, 0) is 0 Å². The van der Waals surface area contributed by atoms with Crippen LogP contribution in [0.25, 0.3) is 0 Å². The summed E-state index contributed by atoms with van der Waals surface area (Å²) in [6.45, 7) is 3.45. The molecule has 4 nitrogen and oxygen atoms in total. The number of halogens is 1. The Morgan fingerprint density at radius 1 is 1.22 bits per heavy atom. The van der Waals surface area contributed by atoms with Crippen molar-refractivity contribution in [3.05, 3.63) is 58.6 Å². The van der Waals surface area contributed by atoms with Gasteiger partial charge in [0.05, 0.1) is 12.0 Å². The molecule has 2 aliphatic rings. The fraction of sp³-hybridized carbons (Fsp3) is 0.333. The van der Waals surface area contributed by atoms with Crippen LogP contribution in [0.1, 0.15) is 35.2 Å². The molecule has 0 aromatic heterocycles. The number of carbonyl (C=O) groups excluding carboxylic acids is 1. The standard InChI is InChI=1S/C21H21ClN2O2S/c1-14-11-15(22)12-17-18(25)13-21(26-19(14)17)7-9-24(10-8-21)20(27)23-16-5-3-2-4-6-16/h2-6,11-12H,7-10,13H2,1H3,(H,23,27). The van der Waals surface area contributed by atoms with Crippen LogP contribution in [0.2, 0.25) is 5.02 Å². The summed E-state index contributed by atoms with van der Waals surface area (Å²) in [7, 11) is 0. The van der Waals surface area contributed by atoms with Gasteiger partial charge in [0.25, 0.3) is 0 Å². The van der Waals surface area contributed by atoms with Gasteiger partial charge < -0.3 is 15.0 Å². The maximum absolute atomic E-state index is 12.7. The van der Waals surface area contributed by atoms with Crippen LogP contribution in [0.3, 0.4) is 0 Å². The number of rotatable bonds is 1. The Balaban J connectivity index is 1.46. The van der Waals surface area contributed by atoms with E-state index >= 15 is 0 Å². The second kappa shape index (κ2) is 7.13. The molecule has 1 saturated heterocycles. The Morgan fingerprint density at radius 3 is 2.63 bits per heavy atom. The molecule has 0 amide bonds. The average Bonchev–Trinajstić information content (AvgIpc) is 2.64. The van der Waals surface area contributed by atoms with E-state index in [9.17, 15) is 4.79 Å². The minimum absolute atomic E-state index is 0.111. The Morgan fingerprint density at radius 2 is 1.93 bits per heavy atom. The number of para-hydroxylation sites is 1. The van der Waals surface area contributed by atoms with Crippen molar-refractivity contribution in [2.75, 3.05) is 18.4 Å². The Hall–Kier alpha value is -2.11. The molecule has 0 atom stereocenters. The van der Waals surface area contributed by atoms with Gasteiger partial charge in [0.15, 0.2) is 10.9 Å². The van der Waals surface area contributed by atoms with Crippen LogP contribution >= 0.6 is 23.8 Å². The molecule has 27 heavy (non-hydrogen) atoms. The number of anilines is 1. The fourth-order valence-corrected chi connectivity index (χ4v) is 4.41. The Kier molecular flexibility index (Phi) is 4.82. The molecule has 140 valence electrons. The summed E-state index contributed by atoms with van der Waals surface area (Å²) in [5.74, 6) is 0.800. The monoisotopic (exact) mass is 400 g/mol. The van der Waals surface area contributed by atoms with Gasteiger partial charge in [-0.1, -0.05) is 29.8 Å². The van der Waals surface area contributed by atoms with Crippen molar-refractivity contribution in [3.63, 3.8) is 0 Å². The molecule has 2 heterocycles. The van der Waals surface area contributed by atoms with Gasteiger partial charge in [0.1, 0.15) is 11.4 Å². The molecule has 2 aliphatic heterocycles. The molecule has 6 heteroatoms. The molecule has 1 N–H and O–H groups in total. The van der Waals surface area contributed by atoms with E-state index in [1.54, 1.807) is 6.07 Å². The summed E-state index contributed by atoms with van der Waals surface area (Å²) >= 11 is 11.7. The maximum atomic E-state index is 12.7. The number of likely N-dealkylation sites (tertiary alicyclic amines) is 1. The zero-order chi connectivity index (χ0) is 19.0. The largest absolute Gasteiger partial charge is 0.486 e. The molecule has 0 bridgehead atoms. The third kappa shape index (κ3) is 3.66. The fourth-order valence-electron chi connectivity index (χ4n) is 3.83. The highest BCUT2D eigenvalue weighted by molar-refractivity contribution is 7.80. The number of piperidine rings is 1. The molecule has 2 aromatic carbocycles. The van der Waals surface area contributed by atoms with Crippen molar-refractivity contribution in [1.29, 1.82) is 0 Å². The molecule has 0 aliphatic carbocycles. The summed E-state index contributed by atoms with van der Waals surface area (Å²) in [6.07, 6.45) is 1.92. The Labute approximate surface area is 169 Å². The first-order valence-corrected chi connectivity index (χ1v) is 9.88. The number of thiocarbonyl (C=S) groups is 1. The van der Waals surface area contributed by atoms with Crippen molar-refractivity contribution >= 4 is 40.4 Å². The normalized spacial score (nSPS) is 18.0. The first kappa shape index (κ1) is 18.3. The van der Waals surface area contributed by atoms with E-state index in [1.807, 2.05) is 43.3 Å². The van der Waals surface area contributed by atoms with E-state index in [0.717, 1.165) is 37.2 Å². The maximum Gasteiger partial charge on any atom is 0.173 e. The predicted molar refractivity (Wildman–Crippen MR) is 112 cm³/mol. The van der Waals surface area contributed by atoms with Gasteiger partial charge in [-0.25, -0.2) is 0 Å². The summed E-state index contributed by atoms with van der Waals surface area (Å²) in [4.78, 5) is 14.9. The number of ketones is 1. The lowest BCUT2D eigenvalue weighted by molar-refractivity contribution is 0.00353. The van der Waals surface area contributed by atoms with Gasteiger partial charge in [0, 0.05) is 36.6 Å². The highest BCUT2D eigenvalue weighted by atomic mass is 35.5. The summed E-state index contributed by atoms with van der Waals surface area (Å²) in [5.41, 5.74) is 2.05. The third-order valence-corrected chi connectivity index (χ3v) is 5.91. The number of hydrogen-bond donors (Lipinski definition) is 1. The molecular weight excluding hydrogens is 380 g/mol. The summed E-state index contributed by atoms with van der Waals surface area (Å²) in [5, 5.41) is 4.56. The molecule has 0 radical (unpaired) electrons. The smallest absolute Gasteiger partial charge is 0.173 e. The van der Waals surface area contributed by atoms with Crippen LogP contribution in [-0.4, -0.2) is 34.5 Å². The number of ether oxygens (including phenoxy) is 1. The molecule has 0 unspecified atom stereocenters. The number of benzene rings is 2. The van der Waals surface area contributed by atoms with Gasteiger partial charge in [-0.15, -0.1) is 0 Å². The van der Waals surface area contributed by atoms with Crippen molar-refractivity contribution < 1.29 is 9.53 Å². The number of nitrogens with one attached hydrogen (secondary N) is 1. The Bertz CT molecular complexity index is 893. The molecule has 2 aromatic rings. The number of nitrogens with zero attached hydrogens (tertiary/aromatic N) is 1. The van der Waals surface area contributed by atoms with E-state index in [2.05, 4.69) is 10.2 Å². The lowest BCUT2D eigenvalue weighted by Gasteiger charge is -2.45. The van der Waals surface area contributed by atoms with E-state index < -0.39 is 5.60 Å². The highest BCUT2D eigenvalue weighted by Crippen LogP contribution is 2.42. The van der Waals surface area contributed by atoms with Crippen molar-refractivity contribution in [3.8, 4) is 5.75 Å². The van der Waals surface area contributed by atoms with E-state index in [4.69, 9.17) is 28.6 Å². The first-order chi connectivity index (χ1) is 13.0. The second-order valence-corrected chi connectivity index (χ2v) is 8.09. The van der Waals surface area contributed by atoms with Crippen LogP contribution in [0.5, 0.6) is 5.75 Å². The van der Waals surface area contributed by atoms with Crippen LogP contribution in [0.4, 0.5) is 5.69 Å². The average molecular weight is 401 g/mol. The van der Waals surface area contributed by atoms with Crippen LogP contribution < -0.4 is 10.1 Å². The number of Topliss-reactive ketones (excluding diaryl/α,β-unsaturated/α-hetero) is 1. The quantitative estimate of drug-likeness (QED) is 0.693. The van der Waals surface area contributed by atoms with Gasteiger partial charge >= 0.3 is 0 Å². The molecule has 1 spiro atoms. The lowest BCUT2D eigenvalue weighted by atomic mass is 9.82. The molecule has 4 rings (SSSR count). The zero-order valence-corrected chi connectivity index (χ0v) is 16.7. The minimum atomic E-state index is -0.443. The van der Waals surface area contributed by atoms with Crippen molar-refractivity contribution in [2.24, 2.45) is 0 Å². The summed E-state index contributed by atoms with van der Waals surface area (Å²) < 4.78 is 6.39. The van der Waals surface area contributed by atoms with E-state index in [1.165, 1.54) is 0 Å². The zero-order valence-electron chi connectivity index (χ0n) is 15.1. The SMILES string of the molecule is Cc1cc(Cl)cc2c1OC1(CCN(C(=S)Nc3ccccc3)CC1)CC2=O. The number of carbonyl (C=O) groups is 1. The van der Waals surface area contributed by atoms with Gasteiger partial charge in [0.2, 0.25) is 0 Å². The first-order valence-electron chi connectivity index (χ1n) is 9.09. The van der Waals surface area contributed by atoms with Crippen LogP contribution in [0.15, 0.2) is 42.5 Å². The van der Waals surface area contributed by atoms with Gasteiger partial charge in [-0.05, 0) is 49.0 Å². The van der Waals surface area contributed by atoms with E-state index in [-0.39, 0.29) is 5.78 Å². The van der Waals surface area contributed by atoms with Gasteiger partial charge in [-0.3, -0.25) is 4.79 Å². The van der Waals surface area contributed by atoms with Gasteiger partial charge in [-0.2, -0.15) is 0 Å². The second-order valence-electron chi connectivity index (χ2n) is 7.27. The molecule has 0 saturated carbocycles. The highest BCUT2D eigenvalue weighted by Gasteiger charge is 2.43. The molecular formula is C21H21ClN2O2S. The van der Waals surface area contributed by atoms with Crippen LogP contribution in [0, 0.1) is 6.92 Å². The lowest BCUT2D eigenvalue weighted by Crippen LogP contribution is -2.53. The number of aryl methyl sites for hydroxylation is 1. The topological polar surface area (TPSA) is 41.6 Å². The number of hydrogen-bond acceptors (Lipinski definition) is 3. The van der Waals surface area contributed by atoms with Crippen molar-refractivity contribution in [1.82, 2.24) is 4.90 Å².